The third kappa shape index (κ3) is 2.89. The Hall–Kier alpha value is -2.63. The van der Waals surface area contributed by atoms with Gasteiger partial charge >= 0.3 is 0 Å². The van der Waals surface area contributed by atoms with E-state index in [9.17, 15) is 9.18 Å². The maximum atomic E-state index is 14.0. The van der Waals surface area contributed by atoms with Crippen molar-refractivity contribution in [3.63, 3.8) is 0 Å². The van der Waals surface area contributed by atoms with Crippen LogP contribution in [0.2, 0.25) is 0 Å². The summed E-state index contributed by atoms with van der Waals surface area (Å²) in [5, 5.41) is 0. The number of piperidine rings is 1. The van der Waals surface area contributed by atoms with E-state index in [0.29, 0.717) is 18.3 Å². The highest BCUT2D eigenvalue weighted by atomic mass is 19.1. The third-order valence-electron chi connectivity index (χ3n) is 5.24. The molecule has 3 unspecified atom stereocenters. The molecule has 6 heteroatoms. The molecule has 2 aliphatic rings. The molecule has 1 aliphatic carbocycles. The lowest BCUT2D eigenvalue weighted by atomic mass is 10.1. The molecule has 2 aromatic rings. The van der Waals surface area contributed by atoms with E-state index in [1.807, 2.05) is 19.1 Å². The Kier molecular flexibility index (Phi) is 4.26. The molecule has 4 rings (SSSR count). The Morgan fingerprint density at radius 3 is 2.81 bits per heavy atom. The highest BCUT2D eigenvalue weighted by Gasteiger charge is 2.48. The van der Waals surface area contributed by atoms with Gasteiger partial charge in [0.15, 0.2) is 11.6 Å². The predicted molar refractivity (Wildman–Crippen MR) is 93.9 cm³/mol. The summed E-state index contributed by atoms with van der Waals surface area (Å²) in [6.07, 6.45) is 3.49. The van der Waals surface area contributed by atoms with Crippen LogP contribution < -0.4 is 9.47 Å². The fourth-order valence-electron chi connectivity index (χ4n) is 4.04. The number of halogens is 1. The topological polar surface area (TPSA) is 51.7 Å². The maximum absolute atomic E-state index is 14.0. The number of pyridine rings is 1. The van der Waals surface area contributed by atoms with Crippen molar-refractivity contribution in [1.82, 2.24) is 9.88 Å². The van der Waals surface area contributed by atoms with E-state index in [2.05, 4.69) is 4.98 Å². The van der Waals surface area contributed by atoms with Gasteiger partial charge < -0.3 is 14.4 Å². The number of hydrogen-bond acceptors (Lipinski definition) is 4. The number of nitrogens with zero attached hydrogens (tertiary/aromatic N) is 2. The number of carbonyl (C=O) groups excluding carboxylic acids is 1. The number of aryl methyl sites for hydroxylation is 1. The molecule has 1 saturated heterocycles. The molecule has 26 heavy (non-hydrogen) atoms. The monoisotopic (exact) mass is 356 g/mol. The lowest BCUT2D eigenvalue weighted by Gasteiger charge is -2.33. The summed E-state index contributed by atoms with van der Waals surface area (Å²) in [6.45, 7) is 2.64. The van der Waals surface area contributed by atoms with Gasteiger partial charge in [-0.2, -0.15) is 0 Å². The second-order valence-corrected chi connectivity index (χ2v) is 7.01. The fourth-order valence-corrected chi connectivity index (χ4v) is 4.04. The van der Waals surface area contributed by atoms with Gasteiger partial charge in [-0.15, -0.1) is 0 Å². The zero-order valence-electron chi connectivity index (χ0n) is 14.8. The largest absolute Gasteiger partial charge is 0.493 e. The zero-order chi connectivity index (χ0) is 18.3. The van der Waals surface area contributed by atoms with Gasteiger partial charge in [-0.05, 0) is 43.4 Å². The van der Waals surface area contributed by atoms with Crippen molar-refractivity contribution in [2.75, 3.05) is 13.7 Å². The fraction of sp³-hybridized carbons (Fsp3) is 0.400. The first-order valence-electron chi connectivity index (χ1n) is 8.79. The summed E-state index contributed by atoms with van der Waals surface area (Å²) in [5.41, 5.74) is 1.33. The molecule has 1 aromatic heterocycles. The lowest BCUT2D eigenvalue weighted by Crippen LogP contribution is -2.47. The average Bonchev–Trinajstić information content (AvgIpc) is 3.23. The SMILES string of the molecule is COc1c(F)cccc1C(=O)N1CC2CC(Oc3ccc(C)cn3)C1C2. The van der Waals surface area contributed by atoms with Crippen LogP contribution in [-0.4, -0.2) is 41.6 Å². The van der Waals surface area contributed by atoms with Crippen molar-refractivity contribution in [3.8, 4) is 11.6 Å². The van der Waals surface area contributed by atoms with E-state index in [0.717, 1.165) is 18.4 Å². The highest BCUT2D eigenvalue weighted by molar-refractivity contribution is 5.97. The van der Waals surface area contributed by atoms with Gasteiger partial charge in [0, 0.05) is 18.8 Å². The molecule has 0 radical (unpaired) electrons. The van der Waals surface area contributed by atoms with Crippen molar-refractivity contribution in [2.45, 2.75) is 31.9 Å². The van der Waals surface area contributed by atoms with Gasteiger partial charge in [-0.25, -0.2) is 9.37 Å². The van der Waals surface area contributed by atoms with Crippen molar-refractivity contribution >= 4 is 5.91 Å². The average molecular weight is 356 g/mol. The maximum Gasteiger partial charge on any atom is 0.258 e. The summed E-state index contributed by atoms with van der Waals surface area (Å²) in [7, 11) is 1.38. The van der Waals surface area contributed by atoms with Crippen molar-refractivity contribution in [1.29, 1.82) is 0 Å². The summed E-state index contributed by atoms with van der Waals surface area (Å²) < 4.78 is 25.1. The molecular weight excluding hydrogens is 335 g/mol. The van der Waals surface area contributed by atoms with Gasteiger partial charge in [0.2, 0.25) is 5.88 Å². The quantitative estimate of drug-likeness (QED) is 0.844. The summed E-state index contributed by atoms with van der Waals surface area (Å²) in [5.74, 6) is 0.235. The van der Waals surface area contributed by atoms with Crippen LogP contribution in [0.1, 0.15) is 28.8 Å². The van der Waals surface area contributed by atoms with Crippen LogP contribution in [0, 0.1) is 18.7 Å². The summed E-state index contributed by atoms with van der Waals surface area (Å²) in [4.78, 5) is 19.1. The van der Waals surface area contributed by atoms with Crippen LogP contribution in [0.4, 0.5) is 4.39 Å². The first kappa shape index (κ1) is 16.8. The Morgan fingerprint density at radius 2 is 2.12 bits per heavy atom. The van der Waals surface area contributed by atoms with E-state index in [4.69, 9.17) is 9.47 Å². The van der Waals surface area contributed by atoms with Crippen molar-refractivity contribution < 1.29 is 18.7 Å². The highest BCUT2D eigenvalue weighted by Crippen LogP contribution is 2.41. The number of methoxy groups -OCH3 is 1. The number of benzene rings is 1. The number of fused-ring (bicyclic) bond motifs is 2. The van der Waals surface area contributed by atoms with Crippen molar-refractivity contribution in [2.24, 2.45) is 5.92 Å². The molecule has 2 bridgehead atoms. The Morgan fingerprint density at radius 1 is 1.27 bits per heavy atom. The molecule has 136 valence electrons. The second-order valence-electron chi connectivity index (χ2n) is 7.01. The van der Waals surface area contributed by atoms with E-state index >= 15 is 0 Å². The standard InChI is InChI=1S/C20H21FN2O3/c1-12-6-7-18(22-10-12)26-17-9-13-8-16(17)23(11-13)20(24)14-4-3-5-15(21)19(14)25-2/h3-7,10,13,16-17H,8-9,11H2,1-2H3. The first-order valence-corrected chi connectivity index (χ1v) is 8.79. The number of aromatic nitrogens is 1. The van der Waals surface area contributed by atoms with Crippen LogP contribution in [0.5, 0.6) is 11.6 Å². The van der Waals surface area contributed by atoms with E-state index < -0.39 is 5.82 Å². The smallest absolute Gasteiger partial charge is 0.258 e. The van der Waals surface area contributed by atoms with E-state index in [-0.39, 0.29) is 29.4 Å². The second kappa shape index (κ2) is 6.59. The summed E-state index contributed by atoms with van der Waals surface area (Å²) in [6, 6.07) is 8.21. The molecule has 2 fully saturated rings. The minimum atomic E-state index is -0.528. The normalized spacial score (nSPS) is 24.0. The summed E-state index contributed by atoms with van der Waals surface area (Å²) >= 11 is 0. The van der Waals surface area contributed by atoms with Gasteiger partial charge in [-0.1, -0.05) is 12.1 Å². The zero-order valence-corrected chi connectivity index (χ0v) is 14.8. The third-order valence-corrected chi connectivity index (χ3v) is 5.24. The predicted octanol–water partition coefficient (Wildman–Crippen LogP) is 3.22. The van der Waals surface area contributed by atoms with E-state index in [1.165, 1.54) is 19.2 Å². The van der Waals surface area contributed by atoms with Crippen molar-refractivity contribution in [3.05, 3.63) is 53.5 Å². The van der Waals surface area contributed by atoms with Crippen LogP contribution in [0.15, 0.2) is 36.5 Å². The Balaban J connectivity index is 1.54. The molecule has 0 spiro atoms. The molecule has 2 heterocycles. The molecule has 0 N–H and O–H groups in total. The minimum Gasteiger partial charge on any atom is -0.493 e. The number of amides is 1. The molecule has 3 atom stereocenters. The Labute approximate surface area is 151 Å². The van der Waals surface area contributed by atoms with Crippen LogP contribution in [-0.2, 0) is 0 Å². The molecule has 1 aliphatic heterocycles. The molecule has 1 saturated carbocycles. The van der Waals surface area contributed by atoms with Gasteiger partial charge in [0.25, 0.3) is 5.91 Å². The molecule has 1 aromatic carbocycles. The van der Waals surface area contributed by atoms with Crippen LogP contribution in [0.3, 0.4) is 0 Å². The molecule has 5 nitrogen and oxygen atoms in total. The lowest BCUT2D eigenvalue weighted by molar-refractivity contribution is 0.0463. The van der Waals surface area contributed by atoms with Crippen LogP contribution in [0.25, 0.3) is 0 Å². The number of ether oxygens (including phenoxy) is 2. The number of likely N-dealkylation sites (tertiary alicyclic amines) is 1. The number of rotatable bonds is 4. The van der Waals surface area contributed by atoms with Gasteiger partial charge in [0.1, 0.15) is 6.10 Å². The van der Waals surface area contributed by atoms with Crippen LogP contribution >= 0.6 is 0 Å². The van der Waals surface area contributed by atoms with Gasteiger partial charge in [0.05, 0.1) is 18.7 Å². The first-order chi connectivity index (χ1) is 12.6. The number of hydrogen-bond donors (Lipinski definition) is 0. The van der Waals surface area contributed by atoms with E-state index in [1.54, 1.807) is 17.2 Å². The molecule has 1 amide bonds. The Bertz CT molecular complexity index is 824. The van der Waals surface area contributed by atoms with Gasteiger partial charge in [-0.3, -0.25) is 4.79 Å². The molecular formula is C20H21FN2O3. The minimum absolute atomic E-state index is 0.00190. The number of carbonyl (C=O) groups is 1. The number of para-hydroxylation sites is 1.